The van der Waals surface area contributed by atoms with Gasteiger partial charge in [0.05, 0.1) is 0 Å². The highest BCUT2D eigenvalue weighted by molar-refractivity contribution is 5.79. The molecular formula is C26H20N4. The average molecular weight is 388 g/mol. The van der Waals surface area contributed by atoms with Gasteiger partial charge in [-0.1, -0.05) is 17.7 Å². The highest BCUT2D eigenvalue weighted by atomic mass is 15.1. The van der Waals surface area contributed by atoms with E-state index in [4.69, 9.17) is 4.98 Å². The summed E-state index contributed by atoms with van der Waals surface area (Å²) in [5.41, 5.74) is 7.88. The van der Waals surface area contributed by atoms with E-state index in [-0.39, 0.29) is 0 Å². The fourth-order valence-corrected chi connectivity index (χ4v) is 3.61. The van der Waals surface area contributed by atoms with Crippen molar-refractivity contribution in [3.8, 4) is 39.3 Å². The summed E-state index contributed by atoms with van der Waals surface area (Å²) in [7, 11) is 0. The Morgan fingerprint density at radius 2 is 1.10 bits per heavy atom. The molecule has 5 aromatic rings. The lowest BCUT2D eigenvalue weighted by Crippen LogP contribution is -1.97. The Labute approximate surface area is 175 Å². The van der Waals surface area contributed by atoms with Crippen LogP contribution >= 0.6 is 0 Å². The Balaban J connectivity index is 1.69. The predicted octanol–water partition coefficient (Wildman–Crippen LogP) is 5.97. The van der Waals surface area contributed by atoms with Crippen LogP contribution in [0.25, 0.3) is 39.3 Å². The molecule has 0 saturated heterocycles. The third-order valence-electron chi connectivity index (χ3n) is 5.17. The maximum absolute atomic E-state index is 4.69. The summed E-state index contributed by atoms with van der Waals surface area (Å²) in [6.07, 6.45) is 11.1. The lowest BCUT2D eigenvalue weighted by atomic mass is 9.96. The van der Waals surface area contributed by atoms with Crippen LogP contribution in [0.5, 0.6) is 0 Å². The van der Waals surface area contributed by atoms with E-state index in [9.17, 15) is 0 Å². The fraction of sp³-hybridized carbons (Fsp3) is 0.0385. The Morgan fingerprint density at radius 1 is 0.567 bits per heavy atom. The van der Waals surface area contributed by atoms with Gasteiger partial charge in [0.15, 0.2) is 0 Å². The second-order valence-corrected chi connectivity index (χ2v) is 7.23. The zero-order chi connectivity index (χ0) is 20.3. The number of aromatic nitrogens is 4. The van der Waals surface area contributed by atoms with Crippen LogP contribution in [-0.2, 0) is 0 Å². The van der Waals surface area contributed by atoms with Gasteiger partial charge in [-0.15, -0.1) is 0 Å². The quantitative estimate of drug-likeness (QED) is 0.381. The van der Waals surface area contributed by atoms with Crippen molar-refractivity contribution in [3.63, 3.8) is 0 Å². The molecule has 0 aliphatic rings. The largest absolute Gasteiger partial charge is 0.300 e. The molecule has 5 rings (SSSR count). The van der Waals surface area contributed by atoms with Gasteiger partial charge >= 0.3 is 0 Å². The number of aryl methyl sites for hydroxylation is 1. The third-order valence-corrected chi connectivity index (χ3v) is 5.17. The number of hydrogen-bond donors (Lipinski definition) is 0. The van der Waals surface area contributed by atoms with Crippen molar-refractivity contribution in [2.75, 3.05) is 0 Å². The van der Waals surface area contributed by atoms with Crippen LogP contribution in [0.3, 0.4) is 0 Å². The smallest absolute Gasteiger partial charge is 0.144 e. The number of imidazole rings is 1. The van der Waals surface area contributed by atoms with Gasteiger partial charge in [-0.25, -0.2) is 4.98 Å². The Hall–Kier alpha value is -4.05. The van der Waals surface area contributed by atoms with E-state index < -0.39 is 0 Å². The Bertz CT molecular complexity index is 1220. The van der Waals surface area contributed by atoms with Gasteiger partial charge in [-0.2, -0.15) is 0 Å². The molecule has 0 radical (unpaired) electrons. The van der Waals surface area contributed by atoms with E-state index in [2.05, 4.69) is 63.9 Å². The minimum atomic E-state index is 0.907. The van der Waals surface area contributed by atoms with Crippen LogP contribution in [-0.4, -0.2) is 19.5 Å². The predicted molar refractivity (Wildman–Crippen MR) is 120 cm³/mol. The van der Waals surface area contributed by atoms with Crippen molar-refractivity contribution in [2.24, 2.45) is 0 Å². The molecule has 2 aromatic carbocycles. The molecule has 4 heteroatoms. The van der Waals surface area contributed by atoms with Crippen molar-refractivity contribution < 1.29 is 0 Å². The second kappa shape index (κ2) is 7.76. The molecule has 0 unspecified atom stereocenters. The molecule has 0 amide bonds. The van der Waals surface area contributed by atoms with E-state index in [1.165, 1.54) is 5.56 Å². The molecule has 30 heavy (non-hydrogen) atoms. The van der Waals surface area contributed by atoms with Crippen molar-refractivity contribution in [3.05, 3.63) is 109 Å². The van der Waals surface area contributed by atoms with Crippen LogP contribution in [0, 0.1) is 6.92 Å². The maximum atomic E-state index is 4.69. The van der Waals surface area contributed by atoms with Gasteiger partial charge in [0.25, 0.3) is 0 Å². The molecule has 3 heterocycles. The van der Waals surface area contributed by atoms with Gasteiger partial charge in [0.2, 0.25) is 0 Å². The molecule has 0 saturated carbocycles. The zero-order valence-electron chi connectivity index (χ0n) is 16.6. The van der Waals surface area contributed by atoms with Gasteiger partial charge in [-0.3, -0.25) is 14.5 Å². The van der Waals surface area contributed by atoms with Gasteiger partial charge in [-0.05, 0) is 83.8 Å². The second-order valence-electron chi connectivity index (χ2n) is 7.23. The molecule has 3 aromatic heterocycles. The normalized spacial score (nSPS) is 10.8. The first kappa shape index (κ1) is 18.0. The first-order chi connectivity index (χ1) is 14.8. The third kappa shape index (κ3) is 3.51. The van der Waals surface area contributed by atoms with Gasteiger partial charge in [0.1, 0.15) is 5.82 Å². The van der Waals surface area contributed by atoms with Crippen molar-refractivity contribution >= 4 is 0 Å². The fourth-order valence-electron chi connectivity index (χ4n) is 3.61. The van der Waals surface area contributed by atoms with Crippen LogP contribution < -0.4 is 0 Å². The highest BCUT2D eigenvalue weighted by Gasteiger charge is 2.12. The standard InChI is InChI=1S/C26H20N4/c1-19-2-4-25(5-3-19)30-15-14-29-26(30)24-17-22(20-6-10-27-11-7-20)16-23(18-24)21-8-12-28-13-9-21/h2-18H,1H3. The summed E-state index contributed by atoms with van der Waals surface area (Å²) in [5, 5.41) is 0. The van der Waals surface area contributed by atoms with Crippen molar-refractivity contribution in [2.45, 2.75) is 6.92 Å². The summed E-state index contributed by atoms with van der Waals surface area (Å²) in [4.78, 5) is 13.0. The number of pyridine rings is 2. The van der Waals surface area contributed by atoms with E-state index in [1.807, 2.05) is 61.4 Å². The summed E-state index contributed by atoms with van der Waals surface area (Å²) < 4.78 is 2.13. The van der Waals surface area contributed by atoms with E-state index >= 15 is 0 Å². The van der Waals surface area contributed by atoms with Crippen LogP contribution in [0.4, 0.5) is 0 Å². The molecule has 0 bridgehead atoms. The Kier molecular flexibility index (Phi) is 4.66. The first-order valence-electron chi connectivity index (χ1n) is 9.84. The zero-order valence-corrected chi connectivity index (χ0v) is 16.6. The van der Waals surface area contributed by atoms with Gasteiger partial charge < -0.3 is 0 Å². The molecule has 0 aliphatic heterocycles. The maximum Gasteiger partial charge on any atom is 0.144 e. The summed E-state index contributed by atoms with van der Waals surface area (Å²) in [5.74, 6) is 0.907. The minimum Gasteiger partial charge on any atom is -0.300 e. The number of nitrogens with zero attached hydrogens (tertiary/aromatic N) is 4. The first-order valence-corrected chi connectivity index (χ1v) is 9.84. The number of hydrogen-bond acceptors (Lipinski definition) is 3. The summed E-state index contributed by atoms with van der Waals surface area (Å²) >= 11 is 0. The summed E-state index contributed by atoms with van der Waals surface area (Å²) in [6, 6.07) is 23.2. The molecule has 4 nitrogen and oxygen atoms in total. The molecule has 144 valence electrons. The van der Waals surface area contributed by atoms with Crippen molar-refractivity contribution in [1.82, 2.24) is 19.5 Å². The number of rotatable bonds is 4. The van der Waals surface area contributed by atoms with Crippen LogP contribution in [0.2, 0.25) is 0 Å². The lowest BCUT2D eigenvalue weighted by Gasteiger charge is -2.13. The molecule has 0 aliphatic carbocycles. The summed E-state index contributed by atoms with van der Waals surface area (Å²) in [6.45, 7) is 2.10. The van der Waals surface area contributed by atoms with Crippen LogP contribution in [0.1, 0.15) is 5.56 Å². The topological polar surface area (TPSA) is 43.6 Å². The SMILES string of the molecule is Cc1ccc(-n2ccnc2-c2cc(-c3ccncc3)cc(-c3ccncc3)c2)cc1. The molecule has 0 atom stereocenters. The molecule has 0 spiro atoms. The molecular weight excluding hydrogens is 368 g/mol. The van der Waals surface area contributed by atoms with E-state index in [0.29, 0.717) is 0 Å². The highest BCUT2D eigenvalue weighted by Crippen LogP contribution is 2.32. The van der Waals surface area contributed by atoms with Crippen LogP contribution in [0.15, 0.2) is 104 Å². The number of benzene rings is 2. The van der Waals surface area contributed by atoms with Crippen molar-refractivity contribution in [1.29, 1.82) is 0 Å². The average Bonchev–Trinajstić information content (AvgIpc) is 3.30. The molecule has 0 N–H and O–H groups in total. The molecule has 0 fully saturated rings. The Morgan fingerprint density at radius 3 is 1.67 bits per heavy atom. The monoisotopic (exact) mass is 388 g/mol. The van der Waals surface area contributed by atoms with E-state index in [1.54, 1.807) is 0 Å². The minimum absolute atomic E-state index is 0.907. The van der Waals surface area contributed by atoms with E-state index in [0.717, 1.165) is 39.3 Å². The lowest BCUT2D eigenvalue weighted by molar-refractivity contribution is 1.07. The van der Waals surface area contributed by atoms with Gasteiger partial charge in [0, 0.05) is 48.4 Å².